The Bertz CT molecular complexity index is 1070. The molecule has 1 aromatic carbocycles. The van der Waals surface area contributed by atoms with Crippen LogP contribution in [0, 0.1) is 11.8 Å². The zero-order valence-electron chi connectivity index (χ0n) is 22.9. The molecule has 37 heavy (non-hydrogen) atoms. The van der Waals surface area contributed by atoms with E-state index in [1.54, 1.807) is 12.1 Å². The van der Waals surface area contributed by atoms with Crippen molar-refractivity contribution in [1.82, 2.24) is 0 Å². The van der Waals surface area contributed by atoms with Crippen molar-refractivity contribution in [2.24, 2.45) is 11.8 Å². The summed E-state index contributed by atoms with van der Waals surface area (Å²) >= 11 is 0. The monoisotopic (exact) mass is 533 g/mol. The Kier molecular flexibility index (Phi) is 9.85. The second kappa shape index (κ2) is 12.3. The number of carbonyl (C=O) groups excluding carboxylic acids is 1. The maximum atomic E-state index is 13.5. The van der Waals surface area contributed by atoms with Gasteiger partial charge in [-0.3, -0.25) is 9.09 Å². The number of hydrogen-bond acceptors (Lipinski definition) is 7. The van der Waals surface area contributed by atoms with Crippen molar-refractivity contribution < 1.29 is 33.1 Å². The fourth-order valence-corrected chi connectivity index (χ4v) is 6.16. The molecule has 1 unspecified atom stereocenters. The van der Waals surface area contributed by atoms with Gasteiger partial charge in [0.1, 0.15) is 11.5 Å². The van der Waals surface area contributed by atoms with Gasteiger partial charge in [0.2, 0.25) is 0 Å². The first-order valence-corrected chi connectivity index (χ1v) is 14.9. The van der Waals surface area contributed by atoms with E-state index < -0.39 is 19.4 Å². The molecule has 3 rings (SSSR count). The summed E-state index contributed by atoms with van der Waals surface area (Å²) in [5, 5.41) is 11.2. The minimum absolute atomic E-state index is 0.00366. The van der Waals surface area contributed by atoms with Crippen molar-refractivity contribution >= 4 is 13.8 Å². The van der Waals surface area contributed by atoms with E-state index in [9.17, 15) is 19.4 Å². The summed E-state index contributed by atoms with van der Waals surface area (Å²) in [7, 11) is -4.71. The number of hydrogen-bond donors (Lipinski definition) is 1. The summed E-state index contributed by atoms with van der Waals surface area (Å²) in [5.41, 5.74) is 1.93. The van der Waals surface area contributed by atoms with Gasteiger partial charge in [0.15, 0.2) is 5.60 Å². The lowest BCUT2D eigenvalue weighted by molar-refractivity contribution is -0.243. The van der Waals surface area contributed by atoms with Gasteiger partial charge in [-0.2, -0.15) is 0 Å². The quantitative estimate of drug-likeness (QED) is 0.137. The number of rotatable bonds is 12. The highest BCUT2D eigenvalue weighted by Gasteiger charge is 2.50. The van der Waals surface area contributed by atoms with E-state index in [1.807, 2.05) is 27.7 Å². The second-order valence-electron chi connectivity index (χ2n) is 11.1. The molecule has 1 N–H and O–H groups in total. The molecule has 0 bridgehead atoms. The van der Waals surface area contributed by atoms with E-state index in [1.165, 1.54) is 5.57 Å². The van der Waals surface area contributed by atoms with Gasteiger partial charge < -0.3 is 19.3 Å². The number of aromatic hydroxyl groups is 1. The van der Waals surface area contributed by atoms with Crippen LogP contribution >= 0.6 is 7.82 Å². The number of aryl methyl sites for hydroxylation is 1. The number of ether oxygens (including phenoxy) is 1. The lowest BCUT2D eigenvalue weighted by Gasteiger charge is -2.42. The van der Waals surface area contributed by atoms with Gasteiger partial charge in [-0.25, -0.2) is 4.79 Å². The van der Waals surface area contributed by atoms with Crippen LogP contribution < -0.4 is 9.63 Å². The second-order valence-corrected chi connectivity index (χ2v) is 12.4. The van der Waals surface area contributed by atoms with E-state index in [-0.39, 0.29) is 48.7 Å². The van der Waals surface area contributed by atoms with E-state index >= 15 is 0 Å². The molecule has 206 valence electrons. The fraction of sp³-hybridized carbons (Fsp3) is 0.621. The van der Waals surface area contributed by atoms with Gasteiger partial charge in [-0.05, 0) is 88.3 Å². The molecule has 2 aliphatic rings. The van der Waals surface area contributed by atoms with Gasteiger partial charge >= 0.3 is 5.97 Å². The number of phenolic OH excluding ortho intramolecular Hbond substituents is 1. The van der Waals surface area contributed by atoms with Gasteiger partial charge in [0.25, 0.3) is 7.82 Å². The summed E-state index contributed by atoms with van der Waals surface area (Å²) in [4.78, 5) is 26.1. The Morgan fingerprint density at radius 1 is 1.32 bits per heavy atom. The number of phosphoric acid groups is 1. The molecule has 0 radical (unpaired) electrons. The highest BCUT2D eigenvalue weighted by atomic mass is 31.2. The van der Waals surface area contributed by atoms with Gasteiger partial charge in [0, 0.05) is 11.5 Å². The zero-order chi connectivity index (χ0) is 27.4. The largest absolute Gasteiger partial charge is 0.756 e. The van der Waals surface area contributed by atoms with Crippen molar-refractivity contribution in [3.63, 3.8) is 0 Å². The minimum Gasteiger partial charge on any atom is -0.756 e. The number of phenols is 1. The third-order valence-electron chi connectivity index (χ3n) is 7.40. The molecule has 0 aliphatic heterocycles. The molecular formula is C29H42O7P-. The smallest absolute Gasteiger partial charge is 0.344 e. The Labute approximate surface area is 221 Å². The van der Waals surface area contributed by atoms with E-state index in [0.717, 1.165) is 30.4 Å². The van der Waals surface area contributed by atoms with Crippen LogP contribution in [0.1, 0.15) is 96.6 Å². The molecule has 2 aliphatic carbocycles. The molecule has 1 saturated carbocycles. The predicted octanol–water partition coefficient (Wildman–Crippen LogP) is 6.74. The topological polar surface area (TPSA) is 105 Å². The number of carbonyl (C=O) groups is 1. The van der Waals surface area contributed by atoms with Crippen molar-refractivity contribution in [1.29, 1.82) is 0 Å². The molecule has 0 saturated heterocycles. The zero-order valence-corrected chi connectivity index (χ0v) is 23.8. The van der Waals surface area contributed by atoms with Crippen molar-refractivity contribution in [2.45, 2.75) is 97.5 Å². The Morgan fingerprint density at radius 3 is 2.59 bits per heavy atom. The highest BCUT2D eigenvalue weighted by molar-refractivity contribution is 7.46. The van der Waals surface area contributed by atoms with Gasteiger partial charge in [0.05, 0.1) is 6.61 Å². The maximum absolute atomic E-state index is 13.5. The van der Waals surface area contributed by atoms with Gasteiger partial charge in [-0.1, -0.05) is 51.0 Å². The van der Waals surface area contributed by atoms with Crippen LogP contribution in [0.3, 0.4) is 0 Å². The summed E-state index contributed by atoms with van der Waals surface area (Å²) < 4.78 is 28.9. The van der Waals surface area contributed by atoms with Crippen LogP contribution in [0.2, 0.25) is 0 Å². The first kappa shape index (κ1) is 29.6. The Hall–Kier alpha value is -1.92. The van der Waals surface area contributed by atoms with Crippen LogP contribution in [0.5, 0.6) is 11.5 Å². The molecule has 1 aromatic rings. The fourth-order valence-electron chi connectivity index (χ4n) is 5.09. The molecular weight excluding hydrogens is 491 g/mol. The van der Waals surface area contributed by atoms with Crippen molar-refractivity contribution in [3.05, 3.63) is 47.1 Å². The maximum Gasteiger partial charge on any atom is 0.344 e. The molecule has 3 atom stereocenters. The number of allylic oxidation sites excluding steroid dienone is 3. The summed E-state index contributed by atoms with van der Waals surface area (Å²) in [6, 6.07) is 3.51. The third kappa shape index (κ3) is 7.35. The lowest BCUT2D eigenvalue weighted by atomic mass is 9.73. The normalized spacial score (nSPS) is 22.6. The van der Waals surface area contributed by atoms with Crippen molar-refractivity contribution in [3.8, 4) is 11.5 Å². The molecule has 0 amide bonds. The lowest BCUT2D eigenvalue weighted by Crippen LogP contribution is -2.50. The molecule has 1 fully saturated rings. The average molecular weight is 534 g/mol. The molecule has 0 heterocycles. The van der Waals surface area contributed by atoms with Crippen LogP contribution in [0.4, 0.5) is 0 Å². The van der Waals surface area contributed by atoms with Crippen LogP contribution in [0.25, 0.3) is 0 Å². The van der Waals surface area contributed by atoms with E-state index in [4.69, 9.17) is 13.8 Å². The van der Waals surface area contributed by atoms with Crippen LogP contribution in [0.15, 0.2) is 35.9 Å². The molecule has 0 aromatic heterocycles. The Morgan fingerprint density at radius 2 is 2.03 bits per heavy atom. The van der Waals surface area contributed by atoms with E-state index in [0.29, 0.717) is 24.8 Å². The molecule has 7 nitrogen and oxygen atoms in total. The van der Waals surface area contributed by atoms with Gasteiger partial charge in [-0.15, -0.1) is 0 Å². The average Bonchev–Trinajstić information content (AvgIpc) is 2.75. The van der Waals surface area contributed by atoms with E-state index in [2.05, 4.69) is 19.6 Å². The number of benzene rings is 1. The summed E-state index contributed by atoms with van der Waals surface area (Å²) in [5.74, 6) is -0.343. The minimum atomic E-state index is -4.71. The first-order valence-electron chi connectivity index (χ1n) is 13.4. The Balaban J connectivity index is 1.94. The SMILES string of the molecule is C=C(C)[C@@H]1CCC(C)=C[C@H]1c1c(O)cc(CCC)cc1OC(=O)C1(OP(=O)([O-])OCCC(C)C)CCC1. The number of phosphoric ester groups is 1. The number of esters is 1. The summed E-state index contributed by atoms with van der Waals surface area (Å²) in [6.07, 6.45) is 7.10. The predicted molar refractivity (Wildman–Crippen MR) is 142 cm³/mol. The van der Waals surface area contributed by atoms with Crippen LogP contribution in [-0.2, 0) is 24.8 Å². The van der Waals surface area contributed by atoms with Crippen LogP contribution in [-0.4, -0.2) is 23.3 Å². The third-order valence-corrected chi connectivity index (χ3v) is 8.47. The summed E-state index contributed by atoms with van der Waals surface area (Å²) in [6.45, 7) is 14.1. The molecule has 0 spiro atoms. The highest BCUT2D eigenvalue weighted by Crippen LogP contribution is 2.52. The first-order chi connectivity index (χ1) is 17.4. The molecule has 8 heteroatoms. The standard InChI is InChI=1S/C29H43O7P/c1-7-9-22-17-25(30)27(24-16-21(6)10-11-23(24)20(4)5)26(18-22)35-28(31)29(13-8-14-29)36-37(32,33)34-15-12-19(2)3/h16-19,23-24,30H,4,7-15H2,1-3,5-6H3,(H,32,33)/p-1/t23-,24+/m0/s1. The van der Waals surface area contributed by atoms with Crippen molar-refractivity contribution in [2.75, 3.05) is 6.61 Å².